The predicted octanol–water partition coefficient (Wildman–Crippen LogP) is 6.01. The Labute approximate surface area is 279 Å². The third-order valence-corrected chi connectivity index (χ3v) is 13.7. The summed E-state index contributed by atoms with van der Waals surface area (Å²) in [4.78, 5) is 57.8. The summed E-state index contributed by atoms with van der Waals surface area (Å²) < 4.78 is 20.7. The zero-order valence-corrected chi connectivity index (χ0v) is 29.6. The smallest absolute Gasteiger partial charge is 0.317 e. The van der Waals surface area contributed by atoms with Crippen LogP contribution < -0.4 is 0 Å². The second kappa shape index (κ2) is 12.8. The Bertz CT molecular complexity index is 1270. The Morgan fingerprint density at radius 3 is 2.06 bits per heavy atom. The third-order valence-electron chi connectivity index (χ3n) is 13.7. The second-order valence-electron chi connectivity index (χ2n) is 17.2. The van der Waals surface area contributed by atoms with Gasteiger partial charge in [0.25, 0.3) is 0 Å². The molecule has 6 saturated carbocycles. The fourth-order valence-corrected chi connectivity index (χ4v) is 11.9. The molecule has 0 aromatic heterocycles. The zero-order valence-electron chi connectivity index (χ0n) is 29.6. The first-order valence-electron chi connectivity index (χ1n) is 18.4. The number of rotatable bonds is 4. The van der Waals surface area contributed by atoms with Gasteiger partial charge in [-0.3, -0.25) is 24.0 Å². The van der Waals surface area contributed by atoms with Crippen LogP contribution in [0, 0.1) is 88.8 Å². The van der Waals surface area contributed by atoms with E-state index < -0.39 is 11.9 Å². The molecule has 16 unspecified atom stereocenters. The van der Waals surface area contributed by atoms with E-state index in [9.17, 15) is 24.0 Å². The van der Waals surface area contributed by atoms with E-state index in [4.69, 9.17) is 18.9 Å². The minimum atomic E-state index is -0.416. The number of esters is 5. The summed E-state index contributed by atoms with van der Waals surface area (Å²) in [7, 11) is 0. The van der Waals surface area contributed by atoms with Gasteiger partial charge in [-0.15, -0.1) is 0 Å². The van der Waals surface area contributed by atoms with Crippen molar-refractivity contribution in [2.24, 2.45) is 88.8 Å². The van der Waals surface area contributed by atoms with E-state index in [0.717, 1.165) is 48.3 Å². The number of hydrogen-bond donors (Lipinski definition) is 0. The molecule has 0 amide bonds. The van der Waals surface area contributed by atoms with Crippen LogP contribution in [0.1, 0.15) is 100 Å². The Morgan fingerprint density at radius 2 is 1.49 bits per heavy atom. The molecule has 8 rings (SSSR count). The van der Waals surface area contributed by atoms with Crippen LogP contribution in [-0.2, 0) is 42.9 Å². The summed E-state index contributed by atoms with van der Waals surface area (Å²) in [6.45, 7) is 15.4. The lowest BCUT2D eigenvalue weighted by Crippen LogP contribution is -2.41. The van der Waals surface area contributed by atoms with Crippen molar-refractivity contribution in [1.29, 1.82) is 0 Å². The van der Waals surface area contributed by atoms with Gasteiger partial charge in [0, 0.05) is 12.8 Å². The number of carbonyl (C=O) groups excluding carboxylic acids is 5. The first kappa shape index (κ1) is 34.4. The van der Waals surface area contributed by atoms with Gasteiger partial charge in [-0.05, 0) is 125 Å². The summed E-state index contributed by atoms with van der Waals surface area (Å²) in [6.07, 6.45) is 9.14. The van der Waals surface area contributed by atoms with Crippen molar-refractivity contribution in [2.75, 3.05) is 6.61 Å². The average molecular weight is 657 g/mol. The molecule has 6 bridgehead atoms. The third kappa shape index (κ3) is 6.15. The average Bonchev–Trinajstić information content (AvgIpc) is 3.84. The first-order chi connectivity index (χ1) is 22.1. The number of hydrogen-bond acceptors (Lipinski definition) is 9. The van der Waals surface area contributed by atoms with Crippen LogP contribution in [0.15, 0.2) is 0 Å². The summed E-state index contributed by atoms with van der Waals surface area (Å²) in [5.41, 5.74) is -0.328. The van der Waals surface area contributed by atoms with Gasteiger partial charge in [-0.25, -0.2) is 0 Å². The Balaban J connectivity index is 0.000000135. The quantitative estimate of drug-likeness (QED) is 0.155. The highest BCUT2D eigenvalue weighted by atomic mass is 16.6. The lowest BCUT2D eigenvalue weighted by Gasteiger charge is -2.38. The molecule has 6 aliphatic carbocycles. The SMILES string of the molecule is CC(=O)OC(C)(C)C.CC1C(=O)OC(=O)C1C1C(C)C2CC1C1C(=O)OCC21.CCC(C)C(=O)OC1CC2CC1C1C3CCC(C3)C21. The van der Waals surface area contributed by atoms with Crippen LogP contribution in [0.25, 0.3) is 0 Å². The highest BCUT2D eigenvalue weighted by Gasteiger charge is 2.66. The van der Waals surface area contributed by atoms with E-state index >= 15 is 0 Å². The highest BCUT2D eigenvalue weighted by Crippen LogP contribution is 2.68. The normalized spacial score (nSPS) is 45.3. The van der Waals surface area contributed by atoms with Crippen molar-refractivity contribution >= 4 is 29.8 Å². The monoisotopic (exact) mass is 656 g/mol. The zero-order chi connectivity index (χ0) is 34.1. The molecule has 47 heavy (non-hydrogen) atoms. The molecular weight excluding hydrogens is 600 g/mol. The molecule has 2 heterocycles. The Kier molecular flexibility index (Phi) is 9.36. The van der Waals surface area contributed by atoms with Gasteiger partial charge in [-0.2, -0.15) is 0 Å². The molecule has 2 aliphatic heterocycles. The lowest BCUT2D eigenvalue weighted by atomic mass is 9.64. The standard InChI is InChI=1S/C17H26O2.C15H18O5.C6H12O2/c1-3-9(2)17(18)19-14-8-12-7-13(14)16-11-5-4-10(6-11)15(12)16;1-5-7-3-8(12-9(7)4-19-14(12)17)10(5)11-6(2)13(16)20-15(11)18;1-5(7)8-6(2,3)4/h9-16H,3-8H2,1-2H3;5-12H,3-4H2,1-2H3;1-4H3. The molecule has 9 nitrogen and oxygen atoms in total. The van der Waals surface area contributed by atoms with Crippen molar-refractivity contribution in [3.05, 3.63) is 0 Å². The van der Waals surface area contributed by atoms with Crippen LogP contribution in [0.3, 0.4) is 0 Å². The molecule has 0 aromatic carbocycles. The van der Waals surface area contributed by atoms with Gasteiger partial charge in [0.05, 0.1) is 30.3 Å². The summed E-state index contributed by atoms with van der Waals surface area (Å²) in [6, 6.07) is 0. The second-order valence-corrected chi connectivity index (χ2v) is 17.2. The fraction of sp³-hybridized carbons (Fsp3) is 0.868. The van der Waals surface area contributed by atoms with Crippen LogP contribution >= 0.6 is 0 Å². The number of carbonyl (C=O) groups is 5. The Morgan fingerprint density at radius 1 is 0.809 bits per heavy atom. The van der Waals surface area contributed by atoms with Crippen molar-refractivity contribution < 1.29 is 42.9 Å². The largest absolute Gasteiger partial charge is 0.465 e. The van der Waals surface area contributed by atoms with Crippen LogP contribution in [-0.4, -0.2) is 48.2 Å². The van der Waals surface area contributed by atoms with Crippen LogP contribution in [0.5, 0.6) is 0 Å². The van der Waals surface area contributed by atoms with Crippen LogP contribution in [0.2, 0.25) is 0 Å². The minimum Gasteiger partial charge on any atom is -0.465 e. The van der Waals surface area contributed by atoms with E-state index in [-0.39, 0.29) is 65.1 Å². The molecule has 2 saturated heterocycles. The van der Waals surface area contributed by atoms with E-state index in [1.54, 1.807) is 6.92 Å². The summed E-state index contributed by atoms with van der Waals surface area (Å²) in [5, 5.41) is 0. The maximum absolute atomic E-state index is 12.0. The molecule has 8 fully saturated rings. The predicted molar refractivity (Wildman–Crippen MR) is 171 cm³/mol. The molecule has 0 radical (unpaired) electrons. The van der Waals surface area contributed by atoms with Crippen molar-refractivity contribution in [2.45, 2.75) is 112 Å². The van der Waals surface area contributed by atoms with Crippen molar-refractivity contribution in [3.63, 3.8) is 0 Å². The van der Waals surface area contributed by atoms with Gasteiger partial charge in [-0.1, -0.05) is 27.7 Å². The van der Waals surface area contributed by atoms with E-state index in [2.05, 4.69) is 13.8 Å². The topological polar surface area (TPSA) is 122 Å². The van der Waals surface area contributed by atoms with Gasteiger partial charge < -0.3 is 18.9 Å². The minimum absolute atomic E-state index is 0.0553. The molecular formula is C38H56O9. The number of cyclic esters (lactones) is 3. The van der Waals surface area contributed by atoms with Gasteiger partial charge in [0.2, 0.25) is 0 Å². The van der Waals surface area contributed by atoms with E-state index in [1.165, 1.54) is 39.0 Å². The van der Waals surface area contributed by atoms with Crippen LogP contribution in [0.4, 0.5) is 0 Å². The van der Waals surface area contributed by atoms with Crippen molar-refractivity contribution in [3.8, 4) is 0 Å². The molecule has 0 N–H and O–H groups in total. The summed E-state index contributed by atoms with van der Waals surface area (Å²) in [5.74, 6) is 5.12. The van der Waals surface area contributed by atoms with Gasteiger partial charge in [0.1, 0.15) is 11.7 Å². The molecule has 0 aromatic rings. The van der Waals surface area contributed by atoms with Gasteiger partial charge in [0.15, 0.2) is 0 Å². The maximum Gasteiger partial charge on any atom is 0.317 e. The molecule has 16 atom stereocenters. The Hall–Kier alpha value is -2.45. The van der Waals surface area contributed by atoms with Gasteiger partial charge >= 0.3 is 29.8 Å². The first-order valence-corrected chi connectivity index (χ1v) is 18.4. The van der Waals surface area contributed by atoms with Crippen molar-refractivity contribution in [1.82, 2.24) is 0 Å². The lowest BCUT2D eigenvalue weighted by molar-refractivity contribution is -0.159. The number of fused-ring (bicyclic) bond motifs is 14. The molecule has 262 valence electrons. The van der Waals surface area contributed by atoms with E-state index in [0.29, 0.717) is 24.4 Å². The van der Waals surface area contributed by atoms with E-state index in [1.807, 2.05) is 27.7 Å². The molecule has 8 aliphatic rings. The number of ether oxygens (including phenoxy) is 4. The molecule has 9 heteroatoms. The maximum atomic E-state index is 12.0. The summed E-state index contributed by atoms with van der Waals surface area (Å²) >= 11 is 0. The molecule has 0 spiro atoms. The highest BCUT2D eigenvalue weighted by molar-refractivity contribution is 5.96. The fourth-order valence-electron chi connectivity index (χ4n) is 11.9.